The Kier molecular flexibility index (Phi) is 3.67. The van der Waals surface area contributed by atoms with E-state index in [2.05, 4.69) is 15.1 Å². The molecule has 3 rings (SSSR count). The Morgan fingerprint density at radius 2 is 2.17 bits per heavy atom. The second-order valence-corrected chi connectivity index (χ2v) is 4.59. The fraction of sp³-hybridized carbons (Fsp3) is 0.143. The van der Waals surface area contributed by atoms with Crippen LogP contribution in [0.4, 0.5) is 0 Å². The minimum absolute atomic E-state index is 0.0427. The fourth-order valence-corrected chi connectivity index (χ4v) is 2.03. The lowest BCUT2D eigenvalue weighted by Crippen LogP contribution is -2.08. The van der Waals surface area contributed by atoms with Crippen LogP contribution in [0.5, 0.6) is 23.1 Å². The van der Waals surface area contributed by atoms with Crippen LogP contribution in [0.3, 0.4) is 0 Å². The standard InChI is InChI=1S/C14H12N4O5/c1-22-12-2-9-10(3-11(12)19)15-7-16-14(9)23-8-4-17-18(5-8)6-13(20)21/h2-5,7,19H,6H2,1H3,(H,20,21). The molecule has 2 N–H and O–H groups in total. The summed E-state index contributed by atoms with van der Waals surface area (Å²) in [7, 11) is 1.43. The minimum Gasteiger partial charge on any atom is -0.504 e. The number of fused-ring (bicyclic) bond motifs is 1. The Morgan fingerprint density at radius 3 is 2.91 bits per heavy atom. The predicted molar refractivity (Wildman–Crippen MR) is 77.7 cm³/mol. The number of aromatic hydroxyl groups is 1. The molecule has 0 saturated heterocycles. The van der Waals surface area contributed by atoms with Crippen LogP contribution < -0.4 is 9.47 Å². The molecule has 0 fully saturated rings. The first-order valence-corrected chi connectivity index (χ1v) is 6.50. The highest BCUT2D eigenvalue weighted by atomic mass is 16.5. The van der Waals surface area contributed by atoms with E-state index in [0.29, 0.717) is 16.7 Å². The molecule has 9 nitrogen and oxygen atoms in total. The second kappa shape index (κ2) is 5.79. The lowest BCUT2D eigenvalue weighted by atomic mass is 10.2. The van der Waals surface area contributed by atoms with E-state index >= 15 is 0 Å². The highest BCUT2D eigenvalue weighted by Gasteiger charge is 2.12. The van der Waals surface area contributed by atoms with Crippen LogP contribution in [0, 0.1) is 0 Å². The van der Waals surface area contributed by atoms with Crippen LogP contribution in [-0.2, 0) is 11.3 Å². The summed E-state index contributed by atoms with van der Waals surface area (Å²) in [6.45, 7) is -0.268. The number of aromatic nitrogens is 4. The van der Waals surface area contributed by atoms with Crippen LogP contribution in [0.25, 0.3) is 10.9 Å². The molecule has 0 radical (unpaired) electrons. The Hall–Kier alpha value is -3.36. The maximum Gasteiger partial charge on any atom is 0.325 e. The van der Waals surface area contributed by atoms with Gasteiger partial charge in [-0.3, -0.25) is 9.48 Å². The number of phenolic OH excluding ortho intramolecular Hbond substituents is 1. The van der Waals surface area contributed by atoms with Crippen LogP contribution in [0.1, 0.15) is 0 Å². The molecule has 0 spiro atoms. The number of aliphatic carboxylic acids is 1. The number of ether oxygens (including phenoxy) is 2. The van der Waals surface area contributed by atoms with Crippen molar-refractivity contribution in [2.24, 2.45) is 0 Å². The predicted octanol–water partition coefficient (Wildman–Crippen LogP) is 1.42. The first kappa shape index (κ1) is 14.6. The number of hydrogen-bond donors (Lipinski definition) is 2. The van der Waals surface area contributed by atoms with Gasteiger partial charge in [-0.1, -0.05) is 0 Å². The van der Waals surface area contributed by atoms with Crippen LogP contribution >= 0.6 is 0 Å². The van der Waals surface area contributed by atoms with Crippen molar-refractivity contribution in [1.82, 2.24) is 19.7 Å². The maximum absolute atomic E-state index is 10.7. The molecule has 0 aliphatic heterocycles. The molecule has 0 atom stereocenters. The Balaban J connectivity index is 1.96. The van der Waals surface area contributed by atoms with Crippen molar-refractivity contribution in [1.29, 1.82) is 0 Å². The molecule has 3 aromatic rings. The topological polar surface area (TPSA) is 120 Å². The van der Waals surface area contributed by atoms with Gasteiger partial charge in [-0.05, 0) is 6.07 Å². The van der Waals surface area contributed by atoms with Gasteiger partial charge in [0, 0.05) is 6.07 Å². The average Bonchev–Trinajstić information content (AvgIpc) is 2.93. The van der Waals surface area contributed by atoms with Crippen LogP contribution in [-0.4, -0.2) is 43.0 Å². The van der Waals surface area contributed by atoms with Gasteiger partial charge in [0.2, 0.25) is 5.88 Å². The Bertz CT molecular complexity index is 877. The fourth-order valence-electron chi connectivity index (χ4n) is 2.03. The first-order chi connectivity index (χ1) is 11.1. The number of methoxy groups -OCH3 is 1. The van der Waals surface area contributed by atoms with E-state index in [9.17, 15) is 9.90 Å². The number of carbonyl (C=O) groups is 1. The molecule has 0 amide bonds. The van der Waals surface area contributed by atoms with Crippen molar-refractivity contribution in [2.45, 2.75) is 6.54 Å². The monoisotopic (exact) mass is 316 g/mol. The number of carboxylic acid groups (broad SMARTS) is 1. The number of benzene rings is 1. The summed E-state index contributed by atoms with van der Waals surface area (Å²) in [5.74, 6) is -0.216. The summed E-state index contributed by atoms with van der Waals surface area (Å²) < 4.78 is 11.9. The number of nitrogens with zero attached hydrogens (tertiary/aromatic N) is 4. The molecule has 118 valence electrons. The summed E-state index contributed by atoms with van der Waals surface area (Å²) in [6, 6.07) is 3.00. The van der Waals surface area contributed by atoms with Gasteiger partial charge >= 0.3 is 5.97 Å². The molecule has 23 heavy (non-hydrogen) atoms. The second-order valence-electron chi connectivity index (χ2n) is 4.59. The minimum atomic E-state index is -1.01. The summed E-state index contributed by atoms with van der Waals surface area (Å²) in [6.07, 6.45) is 4.12. The molecular weight excluding hydrogens is 304 g/mol. The third kappa shape index (κ3) is 2.98. The molecule has 0 aliphatic carbocycles. The molecule has 9 heteroatoms. The normalized spacial score (nSPS) is 10.7. The van der Waals surface area contributed by atoms with Crippen molar-refractivity contribution in [3.8, 4) is 23.1 Å². The van der Waals surface area contributed by atoms with Gasteiger partial charge in [-0.2, -0.15) is 5.10 Å². The summed E-state index contributed by atoms with van der Waals surface area (Å²) >= 11 is 0. The smallest absolute Gasteiger partial charge is 0.325 e. The van der Waals surface area contributed by atoms with Gasteiger partial charge in [0.25, 0.3) is 0 Å². The molecule has 0 aliphatic rings. The van der Waals surface area contributed by atoms with Crippen molar-refractivity contribution in [3.63, 3.8) is 0 Å². The summed E-state index contributed by atoms with van der Waals surface area (Å²) in [4.78, 5) is 18.8. The Labute approximate surface area is 129 Å². The number of hydrogen-bond acceptors (Lipinski definition) is 7. The van der Waals surface area contributed by atoms with Gasteiger partial charge in [-0.25, -0.2) is 9.97 Å². The van der Waals surface area contributed by atoms with Crippen LogP contribution in [0.2, 0.25) is 0 Å². The average molecular weight is 316 g/mol. The van der Waals surface area contributed by atoms with Gasteiger partial charge in [0.1, 0.15) is 12.9 Å². The van der Waals surface area contributed by atoms with Gasteiger partial charge in [-0.15, -0.1) is 0 Å². The number of phenols is 1. The zero-order valence-corrected chi connectivity index (χ0v) is 12.0. The number of carboxylic acids is 1. The molecule has 2 heterocycles. The van der Waals surface area contributed by atoms with Crippen molar-refractivity contribution in [3.05, 3.63) is 30.9 Å². The molecule has 2 aromatic heterocycles. The molecule has 0 saturated carbocycles. The van der Waals surface area contributed by atoms with E-state index in [-0.39, 0.29) is 23.9 Å². The quantitative estimate of drug-likeness (QED) is 0.725. The van der Waals surface area contributed by atoms with Crippen LogP contribution in [0.15, 0.2) is 30.9 Å². The first-order valence-electron chi connectivity index (χ1n) is 6.50. The van der Waals surface area contributed by atoms with E-state index in [0.717, 1.165) is 0 Å². The lowest BCUT2D eigenvalue weighted by molar-refractivity contribution is -0.137. The third-order valence-electron chi connectivity index (χ3n) is 3.02. The summed E-state index contributed by atoms with van der Waals surface area (Å²) in [5, 5.41) is 22.9. The van der Waals surface area contributed by atoms with E-state index in [1.165, 1.54) is 36.6 Å². The Morgan fingerprint density at radius 1 is 1.35 bits per heavy atom. The van der Waals surface area contributed by atoms with Crippen molar-refractivity contribution >= 4 is 16.9 Å². The largest absolute Gasteiger partial charge is 0.504 e. The molecule has 1 aromatic carbocycles. The van der Waals surface area contributed by atoms with Crippen molar-refractivity contribution in [2.75, 3.05) is 7.11 Å². The maximum atomic E-state index is 10.7. The zero-order valence-electron chi connectivity index (χ0n) is 12.0. The van der Waals surface area contributed by atoms with Crippen molar-refractivity contribution < 1.29 is 24.5 Å². The molecule has 0 unspecified atom stereocenters. The zero-order chi connectivity index (χ0) is 16.4. The highest BCUT2D eigenvalue weighted by molar-refractivity contribution is 5.86. The van der Waals surface area contributed by atoms with Gasteiger partial charge in [0.15, 0.2) is 17.2 Å². The molecular formula is C14H12N4O5. The van der Waals surface area contributed by atoms with E-state index in [4.69, 9.17) is 14.6 Å². The SMILES string of the molecule is COc1cc2c(Oc3cnn(CC(=O)O)c3)ncnc2cc1O. The summed E-state index contributed by atoms with van der Waals surface area (Å²) in [5.41, 5.74) is 0.478. The molecule has 0 bridgehead atoms. The highest BCUT2D eigenvalue weighted by Crippen LogP contribution is 2.34. The lowest BCUT2D eigenvalue weighted by Gasteiger charge is -2.08. The van der Waals surface area contributed by atoms with E-state index in [1.54, 1.807) is 6.07 Å². The van der Waals surface area contributed by atoms with Gasteiger partial charge in [0.05, 0.1) is 30.4 Å². The van der Waals surface area contributed by atoms with Gasteiger partial charge < -0.3 is 19.7 Å². The third-order valence-corrected chi connectivity index (χ3v) is 3.02. The number of rotatable bonds is 5. The van der Waals surface area contributed by atoms with E-state index in [1.807, 2.05) is 0 Å². The van der Waals surface area contributed by atoms with E-state index < -0.39 is 5.97 Å².